The summed E-state index contributed by atoms with van der Waals surface area (Å²) in [7, 11) is 0. The lowest BCUT2D eigenvalue weighted by Crippen LogP contribution is -2.37. The lowest BCUT2D eigenvalue weighted by molar-refractivity contribution is -0.131. The van der Waals surface area contributed by atoms with Gasteiger partial charge in [0, 0.05) is 35.8 Å². The third-order valence-electron chi connectivity index (χ3n) is 4.02. The molecule has 6 nitrogen and oxygen atoms in total. The van der Waals surface area contributed by atoms with Crippen LogP contribution in [0.3, 0.4) is 0 Å². The summed E-state index contributed by atoms with van der Waals surface area (Å²) in [6, 6.07) is 7.23. The molecule has 1 aromatic carbocycles. The van der Waals surface area contributed by atoms with Gasteiger partial charge in [0.2, 0.25) is 5.91 Å². The largest absolute Gasteiger partial charge is 0.461 e. The molecule has 0 saturated carbocycles. The molecule has 7 heteroatoms. The highest BCUT2D eigenvalue weighted by Crippen LogP contribution is 2.22. The number of aromatic amines is 1. The number of amides is 1. The van der Waals surface area contributed by atoms with Crippen molar-refractivity contribution in [2.75, 3.05) is 13.2 Å². The van der Waals surface area contributed by atoms with Gasteiger partial charge in [0.15, 0.2) is 5.69 Å². The van der Waals surface area contributed by atoms with Crippen LogP contribution < -0.4 is 0 Å². The summed E-state index contributed by atoms with van der Waals surface area (Å²) in [4.78, 5) is 26.2. The molecule has 0 atom stereocenters. The first-order chi connectivity index (χ1) is 11.6. The van der Waals surface area contributed by atoms with Crippen LogP contribution in [0.15, 0.2) is 24.3 Å². The lowest BCUT2D eigenvalue weighted by Gasteiger charge is -2.27. The molecular weight excluding hydrogens is 330 g/mol. The van der Waals surface area contributed by atoms with Crippen LogP contribution >= 0.6 is 11.6 Å². The summed E-state index contributed by atoms with van der Waals surface area (Å²) >= 11 is 5.86. The maximum Gasteiger partial charge on any atom is 0.359 e. The molecule has 2 heterocycles. The molecule has 0 fully saturated rings. The van der Waals surface area contributed by atoms with Gasteiger partial charge in [-0.25, -0.2) is 4.79 Å². The smallest absolute Gasteiger partial charge is 0.359 e. The number of hydrogen-bond acceptors (Lipinski definition) is 4. The molecule has 1 aromatic heterocycles. The fourth-order valence-electron chi connectivity index (χ4n) is 2.76. The molecule has 0 spiro atoms. The van der Waals surface area contributed by atoms with Gasteiger partial charge in [-0.1, -0.05) is 23.7 Å². The summed E-state index contributed by atoms with van der Waals surface area (Å²) in [5.74, 6) is -0.444. The monoisotopic (exact) mass is 347 g/mol. The normalized spacial score (nSPS) is 13.5. The molecule has 24 heavy (non-hydrogen) atoms. The number of hydrogen-bond donors (Lipinski definition) is 1. The van der Waals surface area contributed by atoms with E-state index in [1.165, 1.54) is 0 Å². The van der Waals surface area contributed by atoms with Crippen molar-refractivity contribution < 1.29 is 14.3 Å². The van der Waals surface area contributed by atoms with Gasteiger partial charge >= 0.3 is 5.97 Å². The average Bonchev–Trinajstić information content (AvgIpc) is 3.00. The Morgan fingerprint density at radius 1 is 1.33 bits per heavy atom. The van der Waals surface area contributed by atoms with Crippen molar-refractivity contribution in [3.8, 4) is 0 Å². The van der Waals surface area contributed by atoms with Crippen molar-refractivity contribution >= 4 is 23.5 Å². The first-order valence-corrected chi connectivity index (χ1v) is 8.21. The molecule has 3 rings (SSSR count). The highest BCUT2D eigenvalue weighted by molar-refractivity contribution is 6.30. The third-order valence-corrected chi connectivity index (χ3v) is 4.28. The number of aromatic nitrogens is 2. The summed E-state index contributed by atoms with van der Waals surface area (Å²) in [5, 5.41) is 7.57. The van der Waals surface area contributed by atoms with E-state index < -0.39 is 5.97 Å². The topological polar surface area (TPSA) is 75.3 Å². The Balaban J connectivity index is 1.72. The zero-order valence-electron chi connectivity index (χ0n) is 13.3. The third kappa shape index (κ3) is 3.43. The second-order valence-electron chi connectivity index (χ2n) is 5.62. The zero-order valence-corrected chi connectivity index (χ0v) is 14.1. The van der Waals surface area contributed by atoms with Crippen LogP contribution in [0.25, 0.3) is 0 Å². The minimum atomic E-state index is -0.456. The Hall–Kier alpha value is -2.34. The van der Waals surface area contributed by atoms with Gasteiger partial charge in [0.1, 0.15) is 0 Å². The maximum absolute atomic E-state index is 12.5. The number of fused-ring (bicyclic) bond motifs is 1. The van der Waals surface area contributed by atoms with E-state index in [-0.39, 0.29) is 11.6 Å². The maximum atomic E-state index is 12.5. The lowest BCUT2D eigenvalue weighted by atomic mass is 10.0. The van der Waals surface area contributed by atoms with Gasteiger partial charge in [0.05, 0.1) is 13.0 Å². The first kappa shape index (κ1) is 16.5. The number of nitrogens with zero attached hydrogens (tertiary/aromatic N) is 2. The van der Waals surface area contributed by atoms with E-state index in [2.05, 4.69) is 10.2 Å². The Kier molecular flexibility index (Phi) is 4.85. The number of benzene rings is 1. The molecule has 126 valence electrons. The number of halogens is 1. The standard InChI is InChI=1S/C17H18ClN3O3/c1-2-24-17(23)16-13-10-21(8-7-14(13)19-20-16)15(22)9-11-3-5-12(18)6-4-11/h3-6H,2,7-10H2,1H3,(H,19,20). The van der Waals surface area contributed by atoms with Crippen LogP contribution in [-0.4, -0.2) is 40.1 Å². The molecule has 1 N–H and O–H groups in total. The van der Waals surface area contributed by atoms with Crippen molar-refractivity contribution in [1.82, 2.24) is 15.1 Å². The number of carbonyl (C=O) groups excluding carboxylic acids is 2. The fourth-order valence-corrected chi connectivity index (χ4v) is 2.89. The Labute approximate surface area is 144 Å². The quantitative estimate of drug-likeness (QED) is 0.861. The van der Waals surface area contributed by atoms with E-state index in [9.17, 15) is 9.59 Å². The van der Waals surface area contributed by atoms with Gasteiger partial charge in [-0.2, -0.15) is 5.10 Å². The van der Waals surface area contributed by atoms with Crippen LogP contribution in [0.1, 0.15) is 34.2 Å². The van der Waals surface area contributed by atoms with Crippen molar-refractivity contribution in [3.63, 3.8) is 0 Å². The predicted molar refractivity (Wildman–Crippen MR) is 88.8 cm³/mol. The number of esters is 1. The molecule has 1 aliphatic rings. The molecule has 2 aromatic rings. The molecule has 0 bridgehead atoms. The Morgan fingerprint density at radius 2 is 2.08 bits per heavy atom. The predicted octanol–water partition coefficient (Wildman–Crippen LogP) is 2.37. The van der Waals surface area contributed by atoms with Crippen LogP contribution in [0, 0.1) is 0 Å². The average molecular weight is 348 g/mol. The first-order valence-electron chi connectivity index (χ1n) is 7.84. The van der Waals surface area contributed by atoms with E-state index in [4.69, 9.17) is 16.3 Å². The molecule has 0 aliphatic carbocycles. The second-order valence-corrected chi connectivity index (χ2v) is 6.05. The van der Waals surface area contributed by atoms with Crippen LogP contribution in [0.4, 0.5) is 0 Å². The van der Waals surface area contributed by atoms with E-state index in [0.29, 0.717) is 37.6 Å². The highest BCUT2D eigenvalue weighted by Gasteiger charge is 2.28. The van der Waals surface area contributed by atoms with E-state index in [0.717, 1.165) is 16.8 Å². The molecule has 1 amide bonds. The fraction of sp³-hybridized carbons (Fsp3) is 0.353. The van der Waals surface area contributed by atoms with Crippen LogP contribution in [-0.2, 0) is 28.9 Å². The molecule has 0 radical (unpaired) electrons. The minimum absolute atomic E-state index is 0.0129. The Morgan fingerprint density at radius 3 is 2.79 bits per heavy atom. The molecule has 0 saturated heterocycles. The summed E-state index contributed by atoms with van der Waals surface area (Å²) in [6.45, 7) is 3.01. The number of rotatable bonds is 4. The SMILES string of the molecule is CCOC(=O)c1n[nH]c2c1CN(C(=O)Cc1ccc(Cl)cc1)CC2. The Bertz CT molecular complexity index is 755. The van der Waals surface area contributed by atoms with Crippen molar-refractivity contribution in [2.24, 2.45) is 0 Å². The molecule has 1 aliphatic heterocycles. The second kappa shape index (κ2) is 7.05. The van der Waals surface area contributed by atoms with Crippen molar-refractivity contribution in [2.45, 2.75) is 26.3 Å². The van der Waals surface area contributed by atoms with Gasteiger partial charge < -0.3 is 9.64 Å². The van der Waals surface area contributed by atoms with E-state index in [1.807, 2.05) is 12.1 Å². The molecule has 0 unspecified atom stereocenters. The van der Waals surface area contributed by atoms with Crippen LogP contribution in [0.2, 0.25) is 5.02 Å². The van der Waals surface area contributed by atoms with Crippen molar-refractivity contribution in [1.29, 1.82) is 0 Å². The summed E-state index contributed by atoms with van der Waals surface area (Å²) < 4.78 is 5.02. The highest BCUT2D eigenvalue weighted by atomic mass is 35.5. The zero-order chi connectivity index (χ0) is 17.1. The van der Waals surface area contributed by atoms with E-state index in [1.54, 1.807) is 24.0 Å². The minimum Gasteiger partial charge on any atom is -0.461 e. The van der Waals surface area contributed by atoms with Gasteiger partial charge in [-0.3, -0.25) is 9.89 Å². The number of ether oxygens (including phenoxy) is 1. The van der Waals surface area contributed by atoms with E-state index >= 15 is 0 Å². The number of carbonyl (C=O) groups is 2. The van der Waals surface area contributed by atoms with Gasteiger partial charge in [0.25, 0.3) is 0 Å². The van der Waals surface area contributed by atoms with Crippen LogP contribution in [0.5, 0.6) is 0 Å². The number of nitrogens with one attached hydrogen (secondary N) is 1. The summed E-state index contributed by atoms with van der Waals surface area (Å²) in [5.41, 5.74) is 2.83. The molecular formula is C17H18ClN3O3. The van der Waals surface area contributed by atoms with Gasteiger partial charge in [-0.05, 0) is 24.6 Å². The van der Waals surface area contributed by atoms with Crippen molar-refractivity contribution in [3.05, 3.63) is 51.8 Å². The van der Waals surface area contributed by atoms with Gasteiger partial charge in [-0.15, -0.1) is 0 Å². The summed E-state index contributed by atoms with van der Waals surface area (Å²) in [6.07, 6.45) is 0.952. The number of H-pyrrole nitrogens is 1.